The van der Waals surface area contributed by atoms with Gasteiger partial charge in [0.15, 0.2) is 0 Å². The highest BCUT2D eigenvalue weighted by Crippen LogP contribution is 2.30. The van der Waals surface area contributed by atoms with Gasteiger partial charge in [0.25, 0.3) is 0 Å². The average Bonchev–Trinajstić information content (AvgIpc) is 2.28. The minimum atomic E-state index is -4.33. The summed E-state index contributed by atoms with van der Waals surface area (Å²) in [5.41, 5.74) is 2.19. The van der Waals surface area contributed by atoms with Crippen LogP contribution in [0, 0.1) is 0 Å². The number of benzene rings is 1. The van der Waals surface area contributed by atoms with Crippen molar-refractivity contribution in [1.82, 2.24) is 5.43 Å². The van der Waals surface area contributed by atoms with E-state index in [4.69, 9.17) is 10.6 Å². The second-order valence-corrected chi connectivity index (χ2v) is 5.26. The smallest absolute Gasteiger partial charge is 0.374 e. The van der Waals surface area contributed by atoms with Crippen LogP contribution in [-0.2, 0) is 10.9 Å². The molecule has 1 aromatic rings. The number of nitrogens with two attached hydrogens (primary N) is 1. The number of hydrogen-bond donors (Lipinski definition) is 2. The van der Waals surface area contributed by atoms with Crippen LogP contribution in [0.25, 0.3) is 0 Å². The van der Waals surface area contributed by atoms with Crippen LogP contribution < -0.4 is 11.3 Å². The Balaban J connectivity index is 2.77. The molecule has 0 radical (unpaired) electrons. The van der Waals surface area contributed by atoms with Gasteiger partial charge in [-0.05, 0) is 38.5 Å². The molecule has 0 heterocycles. The van der Waals surface area contributed by atoms with Gasteiger partial charge in [-0.15, -0.1) is 0 Å². The van der Waals surface area contributed by atoms with Crippen molar-refractivity contribution < 1.29 is 17.9 Å². The van der Waals surface area contributed by atoms with Crippen LogP contribution >= 0.6 is 0 Å². The fraction of sp³-hybridized carbons (Fsp3) is 0.538. The minimum absolute atomic E-state index is 0.283. The van der Waals surface area contributed by atoms with Gasteiger partial charge >= 0.3 is 6.18 Å². The number of alkyl halides is 3. The summed E-state index contributed by atoms with van der Waals surface area (Å²) in [7, 11) is 0. The first-order chi connectivity index (χ1) is 8.63. The van der Waals surface area contributed by atoms with Gasteiger partial charge in [-0.3, -0.25) is 11.3 Å². The van der Waals surface area contributed by atoms with E-state index in [9.17, 15) is 13.2 Å². The van der Waals surface area contributed by atoms with Crippen LogP contribution in [0.5, 0.6) is 0 Å². The predicted octanol–water partition coefficient (Wildman–Crippen LogP) is 3.02. The van der Waals surface area contributed by atoms with E-state index < -0.39 is 11.7 Å². The van der Waals surface area contributed by atoms with E-state index in [0.29, 0.717) is 5.56 Å². The lowest BCUT2D eigenvalue weighted by molar-refractivity contribution is -0.137. The van der Waals surface area contributed by atoms with E-state index in [0.717, 1.165) is 12.1 Å². The van der Waals surface area contributed by atoms with Gasteiger partial charge in [0.2, 0.25) is 0 Å². The Labute approximate surface area is 110 Å². The van der Waals surface area contributed by atoms with Gasteiger partial charge in [-0.25, -0.2) is 0 Å². The summed E-state index contributed by atoms with van der Waals surface area (Å²) in [5.74, 6) is 5.41. The SMILES string of the molecule is CC(C)(C)OCC(NN)c1ccc(C(F)(F)F)cc1. The molecule has 0 aliphatic heterocycles. The van der Waals surface area contributed by atoms with Crippen molar-refractivity contribution in [1.29, 1.82) is 0 Å². The lowest BCUT2D eigenvalue weighted by Gasteiger charge is -2.24. The maximum atomic E-state index is 12.4. The zero-order chi connectivity index (χ0) is 14.7. The molecule has 1 atom stereocenters. The molecule has 0 aromatic heterocycles. The molecule has 0 fully saturated rings. The standard InChI is InChI=1S/C13H19F3N2O/c1-12(2,3)19-8-11(18-17)9-4-6-10(7-5-9)13(14,15)16/h4-7,11,18H,8,17H2,1-3H3. The normalized spacial score (nSPS) is 14.5. The Bertz CT molecular complexity index is 396. The van der Waals surface area contributed by atoms with Gasteiger partial charge in [-0.2, -0.15) is 13.2 Å². The first-order valence-corrected chi connectivity index (χ1v) is 5.91. The number of nitrogens with one attached hydrogen (secondary N) is 1. The molecule has 0 amide bonds. The topological polar surface area (TPSA) is 47.3 Å². The van der Waals surface area contributed by atoms with Gasteiger partial charge in [-0.1, -0.05) is 12.1 Å². The van der Waals surface area contributed by atoms with Gasteiger partial charge in [0.1, 0.15) is 0 Å². The second kappa shape index (κ2) is 5.90. The highest BCUT2D eigenvalue weighted by Gasteiger charge is 2.30. The first kappa shape index (κ1) is 15.9. The van der Waals surface area contributed by atoms with Crippen LogP contribution in [0.2, 0.25) is 0 Å². The van der Waals surface area contributed by atoms with Crippen LogP contribution in [-0.4, -0.2) is 12.2 Å². The third-order valence-corrected chi connectivity index (χ3v) is 2.52. The fourth-order valence-electron chi connectivity index (χ4n) is 1.48. The monoisotopic (exact) mass is 276 g/mol. The lowest BCUT2D eigenvalue weighted by atomic mass is 10.1. The number of hydrogen-bond acceptors (Lipinski definition) is 3. The Morgan fingerprint density at radius 3 is 2.05 bits per heavy atom. The molecule has 3 nitrogen and oxygen atoms in total. The third kappa shape index (κ3) is 5.18. The minimum Gasteiger partial charge on any atom is -0.374 e. The van der Waals surface area contributed by atoms with Gasteiger partial charge < -0.3 is 4.74 Å². The van der Waals surface area contributed by atoms with Crippen molar-refractivity contribution in [3.63, 3.8) is 0 Å². The van der Waals surface area contributed by atoms with E-state index in [-0.39, 0.29) is 18.2 Å². The number of halogens is 3. The fourth-order valence-corrected chi connectivity index (χ4v) is 1.48. The molecule has 3 N–H and O–H groups in total. The van der Waals surface area contributed by atoms with Crippen molar-refractivity contribution >= 4 is 0 Å². The average molecular weight is 276 g/mol. The highest BCUT2D eigenvalue weighted by atomic mass is 19.4. The molecule has 0 aliphatic rings. The van der Waals surface area contributed by atoms with E-state index in [2.05, 4.69) is 5.43 Å². The number of rotatable bonds is 4. The molecular weight excluding hydrogens is 257 g/mol. The molecule has 0 bridgehead atoms. The molecule has 0 aliphatic carbocycles. The largest absolute Gasteiger partial charge is 0.416 e. The number of hydrazine groups is 1. The van der Waals surface area contributed by atoms with Crippen LogP contribution in [0.15, 0.2) is 24.3 Å². The summed E-state index contributed by atoms with van der Waals surface area (Å²) in [6, 6.07) is 4.54. The second-order valence-electron chi connectivity index (χ2n) is 5.26. The molecule has 1 unspecified atom stereocenters. The van der Waals surface area contributed by atoms with Crippen LogP contribution in [0.4, 0.5) is 13.2 Å². The quantitative estimate of drug-likeness (QED) is 0.656. The summed E-state index contributed by atoms with van der Waals surface area (Å²) in [4.78, 5) is 0. The molecule has 19 heavy (non-hydrogen) atoms. The van der Waals surface area contributed by atoms with Gasteiger partial charge in [0, 0.05) is 0 Å². The first-order valence-electron chi connectivity index (χ1n) is 5.91. The molecule has 1 rings (SSSR count). The van der Waals surface area contributed by atoms with Crippen molar-refractivity contribution in [3.8, 4) is 0 Å². The Morgan fingerprint density at radius 1 is 1.16 bits per heavy atom. The summed E-state index contributed by atoms with van der Waals surface area (Å²) in [6.45, 7) is 5.97. The van der Waals surface area contributed by atoms with E-state index in [1.807, 2.05) is 20.8 Å². The third-order valence-electron chi connectivity index (χ3n) is 2.52. The molecule has 0 saturated carbocycles. The molecule has 1 aromatic carbocycles. The highest BCUT2D eigenvalue weighted by molar-refractivity contribution is 5.26. The molecular formula is C13H19F3N2O. The van der Waals surface area contributed by atoms with Crippen molar-refractivity contribution in [3.05, 3.63) is 35.4 Å². The maximum absolute atomic E-state index is 12.4. The molecule has 108 valence electrons. The van der Waals surface area contributed by atoms with E-state index in [1.54, 1.807) is 0 Å². The van der Waals surface area contributed by atoms with Crippen molar-refractivity contribution in [2.45, 2.75) is 38.6 Å². The Morgan fingerprint density at radius 2 is 1.68 bits per heavy atom. The Hall–Kier alpha value is -1.11. The summed E-state index contributed by atoms with van der Waals surface area (Å²) >= 11 is 0. The number of ether oxygens (including phenoxy) is 1. The lowest BCUT2D eigenvalue weighted by Crippen LogP contribution is -2.34. The van der Waals surface area contributed by atoms with Gasteiger partial charge in [0.05, 0.1) is 23.8 Å². The van der Waals surface area contributed by atoms with Crippen LogP contribution in [0.3, 0.4) is 0 Å². The molecule has 0 spiro atoms. The zero-order valence-electron chi connectivity index (χ0n) is 11.2. The van der Waals surface area contributed by atoms with E-state index in [1.165, 1.54) is 12.1 Å². The molecule has 6 heteroatoms. The maximum Gasteiger partial charge on any atom is 0.416 e. The van der Waals surface area contributed by atoms with Crippen molar-refractivity contribution in [2.75, 3.05) is 6.61 Å². The zero-order valence-corrected chi connectivity index (χ0v) is 11.2. The van der Waals surface area contributed by atoms with Crippen LogP contribution in [0.1, 0.15) is 37.9 Å². The van der Waals surface area contributed by atoms with E-state index >= 15 is 0 Å². The predicted molar refractivity (Wildman–Crippen MR) is 67.2 cm³/mol. The summed E-state index contributed by atoms with van der Waals surface area (Å²) < 4.78 is 42.9. The molecule has 0 saturated heterocycles. The summed E-state index contributed by atoms with van der Waals surface area (Å²) in [5, 5.41) is 0. The summed E-state index contributed by atoms with van der Waals surface area (Å²) in [6.07, 6.45) is -4.33. The Kier molecular flexibility index (Phi) is 4.95. The van der Waals surface area contributed by atoms with Crippen molar-refractivity contribution in [2.24, 2.45) is 5.84 Å².